The molecule has 0 amide bonds. The van der Waals surface area contributed by atoms with Crippen LogP contribution in [0.25, 0.3) is 5.69 Å². The number of nitrogens with zero attached hydrogens (tertiary/aromatic N) is 5. The zero-order valence-corrected chi connectivity index (χ0v) is 16.9. The molecule has 0 spiro atoms. The molecule has 0 unspecified atom stereocenters. The number of methoxy groups -OCH3 is 1. The number of aromatic nitrogens is 5. The van der Waals surface area contributed by atoms with Crippen LogP contribution >= 0.6 is 0 Å². The molecule has 0 aliphatic carbocycles. The van der Waals surface area contributed by atoms with E-state index in [4.69, 9.17) is 4.74 Å². The Morgan fingerprint density at radius 1 is 1.21 bits per heavy atom. The van der Waals surface area contributed by atoms with Crippen molar-refractivity contribution in [2.24, 2.45) is 0 Å². The number of rotatable bonds is 6. The molecule has 1 aliphatic rings. The first-order valence-corrected chi connectivity index (χ1v) is 9.79. The maximum absolute atomic E-state index is 12.2. The summed E-state index contributed by atoms with van der Waals surface area (Å²) in [7, 11) is 3.84. The summed E-state index contributed by atoms with van der Waals surface area (Å²) in [5, 5.41) is 16.2. The van der Waals surface area contributed by atoms with E-state index < -0.39 is 0 Å². The molecule has 3 heterocycles. The number of anilines is 2. The monoisotopic (exact) mass is 396 g/mol. The van der Waals surface area contributed by atoms with Crippen LogP contribution in [-0.4, -0.2) is 57.8 Å². The molecule has 4 rings (SSSR count). The number of carbonyl (C=O) groups excluding carboxylic acids is 1. The van der Waals surface area contributed by atoms with Crippen LogP contribution in [0.15, 0.2) is 36.5 Å². The van der Waals surface area contributed by atoms with E-state index in [-0.39, 0.29) is 5.78 Å². The van der Waals surface area contributed by atoms with Gasteiger partial charge in [-0.3, -0.25) is 4.79 Å². The van der Waals surface area contributed by atoms with Crippen molar-refractivity contribution < 1.29 is 14.4 Å². The Kier molecular flexibility index (Phi) is 5.30. The van der Waals surface area contributed by atoms with E-state index in [0.29, 0.717) is 17.6 Å². The maximum Gasteiger partial charge on any atom is 0.183 e. The second-order valence-electron chi connectivity index (χ2n) is 7.43. The molecule has 2 aromatic heterocycles. The molecule has 0 bridgehead atoms. The molecule has 0 atom stereocenters. The lowest BCUT2D eigenvalue weighted by molar-refractivity contribution is -0.885. The lowest BCUT2D eigenvalue weighted by Crippen LogP contribution is -3.10. The summed E-state index contributed by atoms with van der Waals surface area (Å²) in [6.07, 6.45) is 3.91. The molecule has 2 N–H and O–H groups in total. The van der Waals surface area contributed by atoms with E-state index in [1.54, 1.807) is 22.9 Å². The van der Waals surface area contributed by atoms with Gasteiger partial charge in [-0.15, -0.1) is 5.10 Å². The first-order chi connectivity index (χ1) is 14.1. The van der Waals surface area contributed by atoms with Gasteiger partial charge in [0.2, 0.25) is 0 Å². The van der Waals surface area contributed by atoms with E-state index in [2.05, 4.69) is 27.8 Å². The summed E-state index contributed by atoms with van der Waals surface area (Å²) in [5.41, 5.74) is 1.07. The Morgan fingerprint density at radius 2 is 1.93 bits per heavy atom. The molecule has 152 valence electrons. The van der Waals surface area contributed by atoms with Gasteiger partial charge in [0.15, 0.2) is 17.3 Å². The molecule has 29 heavy (non-hydrogen) atoms. The lowest BCUT2D eigenvalue weighted by Gasteiger charge is -2.27. The third-order valence-electron chi connectivity index (χ3n) is 5.39. The van der Waals surface area contributed by atoms with Gasteiger partial charge < -0.3 is 15.0 Å². The van der Waals surface area contributed by atoms with E-state index in [1.165, 1.54) is 6.92 Å². The highest BCUT2D eigenvalue weighted by molar-refractivity contribution is 5.97. The summed E-state index contributed by atoms with van der Waals surface area (Å²) in [6.45, 7) is 3.73. The van der Waals surface area contributed by atoms with Crippen molar-refractivity contribution in [2.45, 2.75) is 25.8 Å². The second kappa shape index (κ2) is 8.04. The molecule has 9 heteroatoms. The van der Waals surface area contributed by atoms with Crippen molar-refractivity contribution in [1.29, 1.82) is 0 Å². The quantitative estimate of drug-likeness (QED) is 0.610. The molecule has 1 aromatic carbocycles. The average Bonchev–Trinajstić information content (AvgIpc) is 3.36. The zero-order valence-electron chi connectivity index (χ0n) is 16.9. The second-order valence-corrected chi connectivity index (χ2v) is 7.43. The topological polar surface area (TPSA) is 91.3 Å². The SMILES string of the molecule is COc1ccc(-n2nnc(C(C)=O)c2Nc2ccnn2C2CC[NH+](C)CC2)cc1. The summed E-state index contributed by atoms with van der Waals surface area (Å²) in [6, 6.07) is 9.70. The van der Waals surface area contributed by atoms with E-state index >= 15 is 0 Å². The summed E-state index contributed by atoms with van der Waals surface area (Å²) in [5.74, 6) is 1.95. The Balaban J connectivity index is 1.67. The van der Waals surface area contributed by atoms with Gasteiger partial charge in [-0.25, -0.2) is 4.68 Å². The van der Waals surface area contributed by atoms with Crippen LogP contribution in [0.1, 0.15) is 36.3 Å². The molecular formula is C20H26N7O2+. The molecule has 1 saturated heterocycles. The number of ether oxygens (including phenoxy) is 1. The number of quaternary nitrogens is 1. The van der Waals surface area contributed by atoms with Crippen molar-refractivity contribution in [3.63, 3.8) is 0 Å². The normalized spacial score (nSPS) is 19.1. The van der Waals surface area contributed by atoms with E-state index in [1.807, 2.05) is 35.0 Å². The van der Waals surface area contributed by atoms with Crippen molar-refractivity contribution in [3.8, 4) is 11.4 Å². The van der Waals surface area contributed by atoms with Crippen molar-refractivity contribution in [1.82, 2.24) is 24.8 Å². The Labute approximate surface area is 169 Å². The minimum Gasteiger partial charge on any atom is -0.497 e. The number of ketones is 1. The Bertz CT molecular complexity index is 985. The van der Waals surface area contributed by atoms with E-state index in [0.717, 1.165) is 43.2 Å². The fourth-order valence-corrected chi connectivity index (χ4v) is 3.70. The number of likely N-dealkylation sites (tertiary alicyclic amines) is 1. The molecule has 1 aliphatic heterocycles. The van der Waals surface area contributed by atoms with Crippen LogP contribution in [0.2, 0.25) is 0 Å². The first-order valence-electron chi connectivity index (χ1n) is 9.79. The number of carbonyl (C=O) groups is 1. The maximum atomic E-state index is 12.2. The van der Waals surface area contributed by atoms with Crippen LogP contribution in [0.3, 0.4) is 0 Å². The number of hydrogen-bond donors (Lipinski definition) is 2. The van der Waals surface area contributed by atoms with Gasteiger partial charge in [0.25, 0.3) is 0 Å². The summed E-state index contributed by atoms with van der Waals surface area (Å²) >= 11 is 0. The number of Topliss-reactive ketones (excluding diaryl/α,β-unsaturated/α-hetero) is 1. The number of benzene rings is 1. The minimum absolute atomic E-state index is 0.152. The minimum atomic E-state index is -0.152. The van der Waals surface area contributed by atoms with Crippen LogP contribution in [0.4, 0.5) is 11.6 Å². The van der Waals surface area contributed by atoms with Gasteiger partial charge in [-0.1, -0.05) is 5.21 Å². The molecule has 0 saturated carbocycles. The van der Waals surface area contributed by atoms with Gasteiger partial charge in [0.05, 0.1) is 45.2 Å². The molecule has 9 nitrogen and oxygen atoms in total. The van der Waals surface area contributed by atoms with Crippen LogP contribution < -0.4 is 15.0 Å². The van der Waals surface area contributed by atoms with Gasteiger partial charge in [-0.2, -0.15) is 9.78 Å². The highest BCUT2D eigenvalue weighted by atomic mass is 16.5. The first kappa shape index (κ1) is 19.1. The number of nitrogens with one attached hydrogen (secondary N) is 2. The van der Waals surface area contributed by atoms with Gasteiger partial charge >= 0.3 is 0 Å². The average molecular weight is 396 g/mol. The largest absolute Gasteiger partial charge is 0.497 e. The number of hydrogen-bond acceptors (Lipinski definition) is 6. The van der Waals surface area contributed by atoms with Crippen molar-refractivity contribution in [2.75, 3.05) is 32.6 Å². The molecular weight excluding hydrogens is 370 g/mol. The van der Waals surface area contributed by atoms with E-state index in [9.17, 15) is 4.79 Å². The van der Waals surface area contributed by atoms with Gasteiger partial charge in [0, 0.05) is 25.8 Å². The predicted octanol–water partition coefficient (Wildman–Crippen LogP) is 1.27. The lowest BCUT2D eigenvalue weighted by atomic mass is 10.1. The number of piperidine rings is 1. The third kappa shape index (κ3) is 3.86. The van der Waals surface area contributed by atoms with Crippen molar-refractivity contribution in [3.05, 3.63) is 42.2 Å². The van der Waals surface area contributed by atoms with Gasteiger partial charge in [0.1, 0.15) is 11.6 Å². The highest BCUT2D eigenvalue weighted by Crippen LogP contribution is 2.27. The molecule has 3 aromatic rings. The fraction of sp³-hybridized carbons (Fsp3) is 0.400. The summed E-state index contributed by atoms with van der Waals surface area (Å²) < 4.78 is 8.87. The standard InChI is InChI=1S/C20H25N7O2/c1-14(28)19-20(27(24-23-19)15-4-6-17(29-3)7-5-15)22-18-8-11-21-26(18)16-9-12-25(2)13-10-16/h4-8,11,16,22H,9-10,12-13H2,1-3H3/p+1. The fourth-order valence-electron chi connectivity index (χ4n) is 3.70. The summed E-state index contributed by atoms with van der Waals surface area (Å²) in [4.78, 5) is 13.7. The molecule has 0 radical (unpaired) electrons. The predicted molar refractivity (Wildman–Crippen MR) is 108 cm³/mol. The zero-order chi connectivity index (χ0) is 20.4. The Hall–Kier alpha value is -3.20. The highest BCUT2D eigenvalue weighted by Gasteiger charge is 2.25. The van der Waals surface area contributed by atoms with Gasteiger partial charge in [-0.05, 0) is 24.3 Å². The van der Waals surface area contributed by atoms with Crippen LogP contribution in [0, 0.1) is 0 Å². The molecule has 1 fully saturated rings. The third-order valence-corrected chi connectivity index (χ3v) is 5.39. The smallest absolute Gasteiger partial charge is 0.183 e. The van der Waals surface area contributed by atoms with Crippen LogP contribution in [-0.2, 0) is 0 Å². The Morgan fingerprint density at radius 3 is 2.59 bits per heavy atom. The van der Waals surface area contributed by atoms with Crippen LogP contribution in [0.5, 0.6) is 5.75 Å². The van der Waals surface area contributed by atoms with Crippen molar-refractivity contribution >= 4 is 17.4 Å².